The highest BCUT2D eigenvalue weighted by Crippen LogP contribution is 2.33. The van der Waals surface area contributed by atoms with Crippen molar-refractivity contribution in [2.75, 3.05) is 5.32 Å². The first-order chi connectivity index (χ1) is 12.0. The van der Waals surface area contributed by atoms with E-state index >= 15 is 0 Å². The van der Waals surface area contributed by atoms with Gasteiger partial charge in [0, 0.05) is 9.79 Å². The summed E-state index contributed by atoms with van der Waals surface area (Å²) in [6.07, 6.45) is 0. The second-order valence-electron chi connectivity index (χ2n) is 5.60. The van der Waals surface area contributed by atoms with Crippen LogP contribution in [0.5, 0.6) is 0 Å². The monoisotopic (exact) mass is 415 g/mol. The Labute approximate surface area is 159 Å². The molecule has 3 aromatic rings. The molecule has 0 unspecified atom stereocenters. The summed E-state index contributed by atoms with van der Waals surface area (Å²) >= 11 is 5.11. The molecule has 0 aliphatic carbocycles. The Morgan fingerprint density at radius 1 is 1.12 bits per heavy atom. The zero-order valence-electron chi connectivity index (χ0n) is 14.0. The first-order valence-corrected chi connectivity index (χ1v) is 9.47. The van der Waals surface area contributed by atoms with Gasteiger partial charge >= 0.3 is 0 Å². The highest BCUT2D eigenvalue weighted by molar-refractivity contribution is 9.10. The number of halogens is 1. The maximum absolute atomic E-state index is 12.5. The van der Waals surface area contributed by atoms with E-state index in [1.807, 2.05) is 56.3 Å². The number of para-hydroxylation sites is 1. The van der Waals surface area contributed by atoms with E-state index in [0.29, 0.717) is 0 Å². The van der Waals surface area contributed by atoms with Crippen LogP contribution < -0.4 is 5.32 Å². The van der Waals surface area contributed by atoms with Crippen molar-refractivity contribution in [2.24, 2.45) is 0 Å². The number of amides is 1. The predicted octanol–water partition coefficient (Wildman–Crippen LogP) is 5.05. The van der Waals surface area contributed by atoms with E-state index in [0.717, 1.165) is 31.3 Å². The van der Waals surface area contributed by atoms with Gasteiger partial charge in [-0.3, -0.25) is 9.48 Å². The molecule has 0 saturated carbocycles. The molecule has 0 spiro atoms. The van der Waals surface area contributed by atoms with Gasteiger partial charge < -0.3 is 5.32 Å². The summed E-state index contributed by atoms with van der Waals surface area (Å²) in [5, 5.41) is 7.38. The van der Waals surface area contributed by atoms with E-state index < -0.39 is 0 Å². The maximum Gasteiger partial charge on any atom is 0.246 e. The molecule has 1 amide bonds. The van der Waals surface area contributed by atoms with Crippen LogP contribution in [0, 0.1) is 13.8 Å². The fraction of sp³-hybridized carbons (Fsp3) is 0.158. The van der Waals surface area contributed by atoms with Gasteiger partial charge in [0.2, 0.25) is 5.91 Å². The third-order valence-electron chi connectivity index (χ3n) is 3.72. The fourth-order valence-electron chi connectivity index (χ4n) is 2.43. The van der Waals surface area contributed by atoms with Gasteiger partial charge in [0.05, 0.1) is 21.5 Å². The number of carbonyl (C=O) groups is 1. The minimum absolute atomic E-state index is 0.0980. The molecule has 1 heterocycles. The third-order valence-corrected chi connectivity index (χ3v) is 5.95. The van der Waals surface area contributed by atoms with Gasteiger partial charge in [0.1, 0.15) is 6.54 Å². The largest absolute Gasteiger partial charge is 0.323 e. The van der Waals surface area contributed by atoms with Crippen LogP contribution in [0.25, 0.3) is 0 Å². The Morgan fingerprint density at radius 3 is 2.48 bits per heavy atom. The van der Waals surface area contributed by atoms with E-state index in [4.69, 9.17) is 0 Å². The number of nitrogens with one attached hydrogen (secondary N) is 1. The lowest BCUT2D eigenvalue weighted by atomic mass is 10.3. The van der Waals surface area contributed by atoms with Crippen molar-refractivity contribution in [1.29, 1.82) is 0 Å². The van der Waals surface area contributed by atoms with Crippen molar-refractivity contribution >= 4 is 39.3 Å². The molecule has 25 heavy (non-hydrogen) atoms. The molecule has 128 valence electrons. The van der Waals surface area contributed by atoms with Crippen molar-refractivity contribution < 1.29 is 4.79 Å². The van der Waals surface area contributed by atoms with Crippen molar-refractivity contribution in [3.8, 4) is 0 Å². The molecule has 2 aromatic carbocycles. The fourth-order valence-corrected chi connectivity index (χ4v) is 3.64. The highest BCUT2D eigenvalue weighted by atomic mass is 79.9. The smallest absolute Gasteiger partial charge is 0.246 e. The number of anilines is 1. The van der Waals surface area contributed by atoms with E-state index in [1.165, 1.54) is 0 Å². The Kier molecular flexibility index (Phi) is 5.60. The summed E-state index contributed by atoms with van der Waals surface area (Å²) in [4.78, 5) is 14.6. The second kappa shape index (κ2) is 7.89. The molecular formula is C19H18BrN3OS. The summed E-state index contributed by atoms with van der Waals surface area (Å²) in [5.74, 6) is -0.0980. The minimum Gasteiger partial charge on any atom is -0.323 e. The SMILES string of the molecule is Cc1nn(CC(=O)Nc2ccccc2Sc2ccccc2)c(C)c1Br. The van der Waals surface area contributed by atoms with Crippen molar-refractivity contribution in [3.05, 3.63) is 70.5 Å². The standard InChI is InChI=1S/C19H18BrN3OS/c1-13-19(20)14(2)23(22-13)12-18(24)21-16-10-6-7-11-17(16)25-15-8-4-3-5-9-15/h3-11H,12H2,1-2H3,(H,21,24). The number of aryl methyl sites for hydroxylation is 1. The maximum atomic E-state index is 12.5. The zero-order chi connectivity index (χ0) is 17.8. The quantitative estimate of drug-likeness (QED) is 0.633. The lowest BCUT2D eigenvalue weighted by Gasteiger charge is -2.11. The van der Waals surface area contributed by atoms with Gasteiger partial charge in [-0.15, -0.1) is 0 Å². The third kappa shape index (κ3) is 4.32. The van der Waals surface area contributed by atoms with Crippen molar-refractivity contribution in [2.45, 2.75) is 30.2 Å². The summed E-state index contributed by atoms with van der Waals surface area (Å²) in [6.45, 7) is 4.04. The minimum atomic E-state index is -0.0980. The first-order valence-electron chi connectivity index (χ1n) is 7.86. The highest BCUT2D eigenvalue weighted by Gasteiger charge is 2.13. The van der Waals surface area contributed by atoms with Crippen LogP contribution in [-0.4, -0.2) is 15.7 Å². The molecule has 0 aliphatic rings. The van der Waals surface area contributed by atoms with E-state index in [1.54, 1.807) is 16.4 Å². The van der Waals surface area contributed by atoms with E-state index in [-0.39, 0.29) is 12.5 Å². The van der Waals surface area contributed by atoms with E-state index in [2.05, 4.69) is 38.5 Å². The lowest BCUT2D eigenvalue weighted by Crippen LogP contribution is -2.20. The molecule has 1 aromatic heterocycles. The van der Waals surface area contributed by atoms with E-state index in [9.17, 15) is 4.79 Å². The molecule has 0 atom stereocenters. The molecule has 0 bridgehead atoms. The number of hydrogen-bond donors (Lipinski definition) is 1. The molecule has 4 nitrogen and oxygen atoms in total. The van der Waals surface area contributed by atoms with Crippen LogP contribution in [0.3, 0.4) is 0 Å². The summed E-state index contributed by atoms with van der Waals surface area (Å²) < 4.78 is 2.65. The second-order valence-corrected chi connectivity index (χ2v) is 7.51. The molecular weight excluding hydrogens is 398 g/mol. The van der Waals surface area contributed by atoms with Gasteiger partial charge in [-0.25, -0.2) is 0 Å². The molecule has 6 heteroatoms. The first kappa shape index (κ1) is 17.8. The number of carbonyl (C=O) groups excluding carboxylic acids is 1. The van der Waals surface area contributed by atoms with Gasteiger partial charge in [-0.2, -0.15) is 5.10 Å². The number of rotatable bonds is 5. The number of aromatic nitrogens is 2. The number of hydrogen-bond acceptors (Lipinski definition) is 3. The molecule has 0 aliphatic heterocycles. The Hall–Kier alpha value is -2.05. The van der Waals surface area contributed by atoms with Crippen LogP contribution in [0.4, 0.5) is 5.69 Å². The average molecular weight is 416 g/mol. The van der Waals surface area contributed by atoms with Crippen LogP contribution in [0.15, 0.2) is 68.9 Å². The number of nitrogens with zero attached hydrogens (tertiary/aromatic N) is 2. The van der Waals surface area contributed by atoms with Crippen molar-refractivity contribution in [1.82, 2.24) is 9.78 Å². The predicted molar refractivity (Wildman–Crippen MR) is 105 cm³/mol. The number of benzene rings is 2. The molecule has 3 rings (SSSR count). The summed E-state index contributed by atoms with van der Waals surface area (Å²) in [7, 11) is 0. The molecule has 0 saturated heterocycles. The van der Waals surface area contributed by atoms with Crippen LogP contribution in [0.2, 0.25) is 0 Å². The lowest BCUT2D eigenvalue weighted by molar-refractivity contribution is -0.116. The Bertz CT molecular complexity index is 893. The van der Waals surface area contributed by atoms with Gasteiger partial charge in [-0.05, 0) is 54.0 Å². The summed E-state index contributed by atoms with van der Waals surface area (Å²) in [5.41, 5.74) is 2.63. The zero-order valence-corrected chi connectivity index (χ0v) is 16.4. The van der Waals surface area contributed by atoms with Crippen LogP contribution >= 0.6 is 27.7 Å². The Morgan fingerprint density at radius 2 is 1.80 bits per heavy atom. The van der Waals surface area contributed by atoms with Gasteiger partial charge in [0.15, 0.2) is 0 Å². The van der Waals surface area contributed by atoms with Gasteiger partial charge in [0.25, 0.3) is 0 Å². The molecule has 0 fully saturated rings. The molecule has 0 radical (unpaired) electrons. The summed E-state index contributed by atoms with van der Waals surface area (Å²) in [6, 6.07) is 17.9. The molecule has 1 N–H and O–H groups in total. The van der Waals surface area contributed by atoms with Crippen molar-refractivity contribution in [3.63, 3.8) is 0 Å². The van der Waals surface area contributed by atoms with Crippen LogP contribution in [0.1, 0.15) is 11.4 Å². The van der Waals surface area contributed by atoms with Crippen LogP contribution in [-0.2, 0) is 11.3 Å². The Balaban J connectivity index is 1.74. The normalized spacial score (nSPS) is 10.7. The average Bonchev–Trinajstić information content (AvgIpc) is 2.84. The van der Waals surface area contributed by atoms with Gasteiger partial charge in [-0.1, -0.05) is 42.1 Å². The topological polar surface area (TPSA) is 46.9 Å².